The van der Waals surface area contributed by atoms with E-state index in [1.54, 1.807) is 6.07 Å². The fourth-order valence-electron chi connectivity index (χ4n) is 3.97. The molecule has 4 rings (SSSR count). The molecule has 12 heteroatoms. The van der Waals surface area contributed by atoms with Crippen molar-refractivity contribution in [2.24, 2.45) is 0 Å². The van der Waals surface area contributed by atoms with E-state index in [-0.39, 0.29) is 21.7 Å². The van der Waals surface area contributed by atoms with Crippen LogP contribution in [0.25, 0.3) is 0 Å². The number of amides is 3. The summed E-state index contributed by atoms with van der Waals surface area (Å²) in [5.74, 6) is -0.661. The number of hydrogen-bond donors (Lipinski definition) is 3. The van der Waals surface area contributed by atoms with Crippen LogP contribution in [0, 0.1) is 0 Å². The Morgan fingerprint density at radius 2 is 1.68 bits per heavy atom. The molecule has 0 aliphatic heterocycles. The van der Waals surface area contributed by atoms with Crippen molar-refractivity contribution >= 4 is 50.0 Å². The number of benzene rings is 2. The maximum absolute atomic E-state index is 13.1. The second-order valence-electron chi connectivity index (χ2n) is 8.18. The molecule has 0 fully saturated rings. The van der Waals surface area contributed by atoms with Crippen molar-refractivity contribution in [3.05, 3.63) is 70.1 Å². The van der Waals surface area contributed by atoms with Crippen molar-refractivity contribution in [1.29, 1.82) is 0 Å². The monoisotopic (exact) mass is 543 g/mol. The van der Waals surface area contributed by atoms with Crippen LogP contribution in [0.3, 0.4) is 0 Å². The number of carbonyl (C=O) groups is 3. The predicted octanol–water partition coefficient (Wildman–Crippen LogP) is 4.18. The number of fused-ring (bicyclic) bond motifs is 1. The molecule has 0 radical (unpaired) electrons. The Balaban J connectivity index is 1.56. The summed E-state index contributed by atoms with van der Waals surface area (Å²) in [6.45, 7) is 0. The van der Waals surface area contributed by atoms with Crippen LogP contribution in [0.4, 0.5) is 15.5 Å². The quantitative estimate of drug-likeness (QED) is 0.406. The van der Waals surface area contributed by atoms with Gasteiger partial charge in [0, 0.05) is 16.1 Å². The fourth-order valence-corrected chi connectivity index (χ4v) is 6.30. The first kappa shape index (κ1) is 26.2. The molecule has 2 aromatic carbocycles. The van der Waals surface area contributed by atoms with Crippen LogP contribution < -0.4 is 20.1 Å². The van der Waals surface area contributed by atoms with Crippen molar-refractivity contribution in [2.45, 2.75) is 30.6 Å². The second-order valence-corrected chi connectivity index (χ2v) is 11.0. The Morgan fingerprint density at radius 3 is 2.38 bits per heavy atom. The minimum atomic E-state index is -3.91. The fraction of sp³-hybridized carbons (Fsp3) is 0.240. The Kier molecular flexibility index (Phi) is 7.79. The van der Waals surface area contributed by atoms with E-state index >= 15 is 0 Å². The van der Waals surface area contributed by atoms with Crippen LogP contribution in [0.15, 0.2) is 53.4 Å². The Bertz CT molecular complexity index is 1450. The molecular formula is C25H25N3O7S2. The van der Waals surface area contributed by atoms with Gasteiger partial charge in [0.15, 0.2) is 0 Å². The number of anilines is 2. The van der Waals surface area contributed by atoms with Crippen molar-refractivity contribution in [3.8, 4) is 5.75 Å². The highest BCUT2D eigenvalue weighted by molar-refractivity contribution is 7.92. The van der Waals surface area contributed by atoms with Gasteiger partial charge in [-0.2, -0.15) is 0 Å². The van der Waals surface area contributed by atoms with Gasteiger partial charge in [-0.3, -0.25) is 19.6 Å². The Morgan fingerprint density at radius 1 is 0.946 bits per heavy atom. The lowest BCUT2D eigenvalue weighted by molar-refractivity contribution is 0.0937. The molecular weight excluding hydrogens is 518 g/mol. The van der Waals surface area contributed by atoms with Crippen LogP contribution >= 0.6 is 11.3 Å². The zero-order chi connectivity index (χ0) is 26.6. The first-order valence-electron chi connectivity index (χ1n) is 11.3. The summed E-state index contributed by atoms with van der Waals surface area (Å²) in [7, 11) is -1.26. The standard InChI is InChI=1S/C25H25N3O7S2/c1-34-17-10-12-18(13-11-17)37(32,33)28-16-7-5-6-15(14-16)22(29)26-24-21(23(30)27-25(31)35-2)19-8-3-4-9-20(19)36-24/h5-7,10-14,28H,3-4,8-9H2,1-2H3,(H,26,29)(H,27,30,31). The summed E-state index contributed by atoms with van der Waals surface area (Å²) in [4.78, 5) is 38.6. The number of imide groups is 1. The highest BCUT2D eigenvalue weighted by atomic mass is 32.2. The molecule has 1 aromatic heterocycles. The average molecular weight is 544 g/mol. The van der Waals surface area contributed by atoms with Crippen LogP contribution in [-0.2, 0) is 27.6 Å². The number of carbonyl (C=O) groups excluding carboxylic acids is 3. The number of thiophene rings is 1. The van der Waals surface area contributed by atoms with Crippen molar-refractivity contribution < 1.29 is 32.3 Å². The normalized spacial score (nSPS) is 12.7. The zero-order valence-corrected chi connectivity index (χ0v) is 21.8. The van der Waals surface area contributed by atoms with Crippen LogP contribution in [0.5, 0.6) is 5.75 Å². The van der Waals surface area contributed by atoms with E-state index in [9.17, 15) is 22.8 Å². The maximum Gasteiger partial charge on any atom is 0.413 e. The molecule has 10 nitrogen and oxygen atoms in total. The Labute approximate surface area is 218 Å². The highest BCUT2D eigenvalue weighted by Crippen LogP contribution is 2.38. The van der Waals surface area contributed by atoms with E-state index in [0.717, 1.165) is 36.8 Å². The van der Waals surface area contributed by atoms with Gasteiger partial charge < -0.3 is 14.8 Å². The molecule has 3 aromatic rings. The predicted molar refractivity (Wildman–Crippen MR) is 139 cm³/mol. The minimum absolute atomic E-state index is 0.0357. The number of sulfonamides is 1. The average Bonchev–Trinajstić information content (AvgIpc) is 3.26. The van der Waals surface area contributed by atoms with Crippen LogP contribution in [0.1, 0.15) is 44.0 Å². The van der Waals surface area contributed by atoms with E-state index in [2.05, 4.69) is 20.1 Å². The first-order valence-corrected chi connectivity index (χ1v) is 13.6. The van der Waals surface area contributed by atoms with Crippen LogP contribution in [-0.4, -0.2) is 40.5 Å². The van der Waals surface area contributed by atoms with E-state index in [0.29, 0.717) is 17.2 Å². The van der Waals surface area contributed by atoms with Gasteiger partial charge in [0.1, 0.15) is 10.8 Å². The summed E-state index contributed by atoms with van der Waals surface area (Å²) in [6, 6.07) is 11.9. The second kappa shape index (κ2) is 11.0. The Hall–Kier alpha value is -3.90. The minimum Gasteiger partial charge on any atom is -0.497 e. The molecule has 3 amide bonds. The van der Waals surface area contributed by atoms with Gasteiger partial charge in [0.25, 0.3) is 21.8 Å². The number of ether oxygens (including phenoxy) is 2. The van der Waals surface area contributed by atoms with Crippen LogP contribution in [0.2, 0.25) is 0 Å². The summed E-state index contributed by atoms with van der Waals surface area (Å²) in [5, 5.41) is 5.25. The van der Waals surface area contributed by atoms with Crippen molar-refractivity contribution in [2.75, 3.05) is 24.3 Å². The lowest BCUT2D eigenvalue weighted by atomic mass is 9.95. The summed E-state index contributed by atoms with van der Waals surface area (Å²) >= 11 is 1.30. The number of rotatable bonds is 7. The number of alkyl carbamates (subject to hydrolysis) is 1. The van der Waals surface area contributed by atoms with E-state index < -0.39 is 27.9 Å². The largest absolute Gasteiger partial charge is 0.497 e. The summed E-state index contributed by atoms with van der Waals surface area (Å²) < 4.78 is 37.6. The molecule has 0 spiro atoms. The smallest absolute Gasteiger partial charge is 0.413 e. The number of nitrogens with one attached hydrogen (secondary N) is 3. The highest BCUT2D eigenvalue weighted by Gasteiger charge is 2.28. The molecule has 0 atom stereocenters. The zero-order valence-electron chi connectivity index (χ0n) is 20.1. The van der Waals surface area contributed by atoms with Gasteiger partial charge in [-0.05, 0) is 73.7 Å². The molecule has 37 heavy (non-hydrogen) atoms. The van der Waals surface area contributed by atoms with Gasteiger partial charge in [0.05, 0.1) is 24.7 Å². The SMILES string of the molecule is COC(=O)NC(=O)c1c(NC(=O)c2cccc(NS(=O)(=O)c3ccc(OC)cc3)c2)sc2c1CCCC2. The summed E-state index contributed by atoms with van der Waals surface area (Å²) in [5.41, 5.74) is 1.43. The topological polar surface area (TPSA) is 140 Å². The summed E-state index contributed by atoms with van der Waals surface area (Å²) in [6.07, 6.45) is 2.40. The van der Waals surface area contributed by atoms with Gasteiger partial charge in [0.2, 0.25) is 0 Å². The van der Waals surface area contributed by atoms with E-state index in [1.165, 1.54) is 60.9 Å². The molecule has 0 unspecified atom stereocenters. The number of aryl methyl sites for hydroxylation is 1. The third kappa shape index (κ3) is 5.92. The first-order chi connectivity index (χ1) is 17.7. The molecule has 0 bridgehead atoms. The molecule has 3 N–H and O–H groups in total. The number of hydrogen-bond acceptors (Lipinski definition) is 8. The molecule has 1 aliphatic carbocycles. The molecule has 0 saturated heterocycles. The van der Waals surface area contributed by atoms with Gasteiger partial charge >= 0.3 is 6.09 Å². The van der Waals surface area contributed by atoms with E-state index in [4.69, 9.17) is 4.74 Å². The lowest BCUT2D eigenvalue weighted by Gasteiger charge is -2.13. The molecule has 194 valence electrons. The number of methoxy groups -OCH3 is 2. The lowest BCUT2D eigenvalue weighted by Crippen LogP contribution is -2.31. The van der Waals surface area contributed by atoms with Crippen molar-refractivity contribution in [3.63, 3.8) is 0 Å². The van der Waals surface area contributed by atoms with Crippen molar-refractivity contribution in [1.82, 2.24) is 5.32 Å². The third-order valence-electron chi connectivity index (χ3n) is 5.77. The van der Waals surface area contributed by atoms with Gasteiger partial charge in [-0.1, -0.05) is 6.07 Å². The third-order valence-corrected chi connectivity index (χ3v) is 8.38. The van der Waals surface area contributed by atoms with E-state index in [1.807, 2.05) is 0 Å². The molecule has 1 heterocycles. The maximum atomic E-state index is 13.1. The van der Waals surface area contributed by atoms with Gasteiger partial charge in [-0.15, -0.1) is 11.3 Å². The molecule has 0 saturated carbocycles. The van der Waals surface area contributed by atoms with Gasteiger partial charge in [-0.25, -0.2) is 13.2 Å². The molecule has 1 aliphatic rings.